The van der Waals surface area contributed by atoms with E-state index in [0.29, 0.717) is 61.2 Å². The molecule has 1 aliphatic rings. The van der Waals surface area contributed by atoms with Gasteiger partial charge in [-0.25, -0.2) is 9.97 Å². The van der Waals surface area contributed by atoms with E-state index in [0.717, 1.165) is 0 Å². The molecule has 4 aromatic rings. The SMILES string of the molecule is COc1ccc(/C=C2\C(=O)Nc3cc(Cl)c(-c4ncc(-c5ccccc5O)cn4)cc32)cc1CC(=O)O. The minimum atomic E-state index is -0.986. The van der Waals surface area contributed by atoms with E-state index in [2.05, 4.69) is 15.3 Å². The number of aliphatic carboxylic acids is 1. The molecule has 0 aliphatic carbocycles. The van der Waals surface area contributed by atoms with E-state index in [1.54, 1.807) is 67.0 Å². The number of aromatic hydroxyl groups is 1. The average molecular weight is 514 g/mol. The number of carboxylic acids is 1. The van der Waals surface area contributed by atoms with Crippen molar-refractivity contribution in [1.82, 2.24) is 9.97 Å². The number of carbonyl (C=O) groups excluding carboxylic acids is 1. The lowest BCUT2D eigenvalue weighted by Gasteiger charge is -2.09. The Bertz CT molecular complexity index is 1580. The Balaban J connectivity index is 1.53. The van der Waals surface area contributed by atoms with Crippen molar-refractivity contribution >= 4 is 40.8 Å². The first-order chi connectivity index (χ1) is 17.8. The Hall–Kier alpha value is -4.69. The number of benzene rings is 3. The number of ether oxygens (including phenoxy) is 1. The molecule has 0 saturated carbocycles. The van der Waals surface area contributed by atoms with E-state index in [4.69, 9.17) is 16.3 Å². The van der Waals surface area contributed by atoms with Crippen LogP contribution in [0.3, 0.4) is 0 Å². The number of carbonyl (C=O) groups is 2. The number of methoxy groups -OCH3 is 1. The number of rotatable bonds is 6. The standard InChI is InChI=1S/C28H20ClN3O5/c1-37-25-7-6-15(8-16(25)10-26(34)35)9-20-19-11-21(22(29)12-23(19)32-28(20)36)27-30-13-17(14-31-27)18-4-2-3-5-24(18)33/h2-9,11-14,33H,10H2,1H3,(H,32,36)(H,34,35)/b20-9-. The lowest BCUT2D eigenvalue weighted by Crippen LogP contribution is -2.04. The first-order valence-corrected chi connectivity index (χ1v) is 11.6. The van der Waals surface area contributed by atoms with Gasteiger partial charge in [-0.1, -0.05) is 35.9 Å². The minimum absolute atomic E-state index is 0.124. The summed E-state index contributed by atoms with van der Waals surface area (Å²) in [4.78, 5) is 33.0. The number of aromatic nitrogens is 2. The van der Waals surface area contributed by atoms with Crippen LogP contribution in [0.4, 0.5) is 5.69 Å². The van der Waals surface area contributed by atoms with Gasteiger partial charge in [0, 0.05) is 45.8 Å². The largest absolute Gasteiger partial charge is 0.507 e. The highest BCUT2D eigenvalue weighted by atomic mass is 35.5. The second kappa shape index (κ2) is 9.75. The number of fused-ring (bicyclic) bond motifs is 1. The van der Waals surface area contributed by atoms with Crippen molar-refractivity contribution in [1.29, 1.82) is 0 Å². The molecule has 37 heavy (non-hydrogen) atoms. The number of anilines is 1. The van der Waals surface area contributed by atoms with Gasteiger partial charge in [-0.15, -0.1) is 0 Å². The van der Waals surface area contributed by atoms with Gasteiger partial charge in [0.05, 0.1) is 24.2 Å². The average Bonchev–Trinajstić information content (AvgIpc) is 3.17. The van der Waals surface area contributed by atoms with Crippen LogP contribution >= 0.6 is 11.6 Å². The normalized spacial score (nSPS) is 13.4. The van der Waals surface area contributed by atoms with Gasteiger partial charge in [-0.05, 0) is 42.0 Å². The van der Waals surface area contributed by atoms with Crippen LogP contribution in [0, 0.1) is 0 Å². The quantitative estimate of drug-likeness (QED) is 0.299. The van der Waals surface area contributed by atoms with Crippen LogP contribution in [0.25, 0.3) is 34.2 Å². The molecular weight excluding hydrogens is 494 g/mol. The molecule has 0 radical (unpaired) electrons. The van der Waals surface area contributed by atoms with Crippen LogP contribution in [0.1, 0.15) is 16.7 Å². The molecule has 0 bridgehead atoms. The van der Waals surface area contributed by atoms with Crippen molar-refractivity contribution < 1.29 is 24.5 Å². The lowest BCUT2D eigenvalue weighted by atomic mass is 9.99. The zero-order valence-electron chi connectivity index (χ0n) is 19.5. The van der Waals surface area contributed by atoms with Gasteiger partial charge in [-0.2, -0.15) is 0 Å². The summed E-state index contributed by atoms with van der Waals surface area (Å²) in [5.74, 6) is -0.355. The van der Waals surface area contributed by atoms with Gasteiger partial charge in [0.25, 0.3) is 5.91 Å². The number of phenolic OH excluding ortho intramolecular Hbond substituents is 1. The molecule has 0 saturated heterocycles. The second-order valence-electron chi connectivity index (χ2n) is 8.34. The van der Waals surface area contributed by atoms with Crippen molar-refractivity contribution in [2.24, 2.45) is 0 Å². The van der Waals surface area contributed by atoms with Crippen molar-refractivity contribution in [3.05, 3.63) is 88.7 Å². The van der Waals surface area contributed by atoms with Gasteiger partial charge in [-0.3, -0.25) is 9.59 Å². The third-order valence-corrected chi connectivity index (χ3v) is 6.27. The van der Waals surface area contributed by atoms with Gasteiger partial charge < -0.3 is 20.3 Å². The molecule has 184 valence electrons. The number of para-hydroxylation sites is 1. The second-order valence-corrected chi connectivity index (χ2v) is 8.75. The van der Waals surface area contributed by atoms with E-state index >= 15 is 0 Å². The van der Waals surface area contributed by atoms with Crippen molar-refractivity contribution in [2.45, 2.75) is 6.42 Å². The summed E-state index contributed by atoms with van der Waals surface area (Å²) in [6.45, 7) is 0. The summed E-state index contributed by atoms with van der Waals surface area (Å²) >= 11 is 6.52. The number of hydrogen-bond acceptors (Lipinski definition) is 6. The number of phenols is 1. The van der Waals surface area contributed by atoms with Crippen LogP contribution in [0.2, 0.25) is 5.02 Å². The molecule has 9 heteroatoms. The third-order valence-electron chi connectivity index (χ3n) is 5.96. The summed E-state index contributed by atoms with van der Waals surface area (Å²) in [5, 5.41) is 22.5. The number of nitrogens with one attached hydrogen (secondary N) is 1. The first-order valence-electron chi connectivity index (χ1n) is 11.2. The zero-order valence-corrected chi connectivity index (χ0v) is 20.3. The predicted molar refractivity (Wildman–Crippen MR) is 140 cm³/mol. The first kappa shape index (κ1) is 24.0. The Morgan fingerprint density at radius 1 is 1.05 bits per heavy atom. The molecule has 0 atom stereocenters. The van der Waals surface area contributed by atoms with Crippen molar-refractivity contribution in [3.8, 4) is 34.0 Å². The molecule has 1 amide bonds. The minimum Gasteiger partial charge on any atom is -0.507 e. The summed E-state index contributed by atoms with van der Waals surface area (Å²) in [6.07, 6.45) is 4.67. The summed E-state index contributed by atoms with van der Waals surface area (Å²) < 4.78 is 5.26. The highest BCUT2D eigenvalue weighted by molar-refractivity contribution is 6.38. The topological polar surface area (TPSA) is 122 Å². The maximum Gasteiger partial charge on any atom is 0.307 e. The molecule has 8 nitrogen and oxygen atoms in total. The fourth-order valence-corrected chi connectivity index (χ4v) is 4.45. The number of amides is 1. The van der Waals surface area contributed by atoms with E-state index < -0.39 is 5.97 Å². The van der Waals surface area contributed by atoms with Crippen LogP contribution in [-0.2, 0) is 16.0 Å². The summed E-state index contributed by atoms with van der Waals surface area (Å²) in [7, 11) is 1.47. The zero-order chi connectivity index (χ0) is 26.1. The number of carboxylic acid groups (broad SMARTS) is 1. The molecule has 2 heterocycles. The van der Waals surface area contributed by atoms with E-state index in [-0.39, 0.29) is 18.1 Å². The van der Waals surface area contributed by atoms with Gasteiger partial charge >= 0.3 is 5.97 Å². The number of hydrogen-bond donors (Lipinski definition) is 3. The number of nitrogens with zero attached hydrogens (tertiary/aromatic N) is 2. The molecule has 5 rings (SSSR count). The summed E-state index contributed by atoms with van der Waals surface area (Å²) in [5.41, 5.74) is 4.50. The molecule has 0 unspecified atom stereocenters. The fourth-order valence-electron chi connectivity index (χ4n) is 4.21. The van der Waals surface area contributed by atoms with Gasteiger partial charge in [0.15, 0.2) is 5.82 Å². The highest BCUT2D eigenvalue weighted by Crippen LogP contribution is 2.40. The molecule has 0 fully saturated rings. The van der Waals surface area contributed by atoms with Crippen LogP contribution < -0.4 is 10.1 Å². The van der Waals surface area contributed by atoms with E-state index in [1.807, 2.05) is 6.07 Å². The van der Waals surface area contributed by atoms with Crippen LogP contribution in [0.5, 0.6) is 11.5 Å². The predicted octanol–water partition coefficient (Wildman–Crippen LogP) is 5.30. The third kappa shape index (κ3) is 4.74. The monoisotopic (exact) mass is 513 g/mol. The van der Waals surface area contributed by atoms with Gasteiger partial charge in [0.2, 0.25) is 0 Å². The Kier molecular flexibility index (Phi) is 6.33. The van der Waals surface area contributed by atoms with Gasteiger partial charge in [0.1, 0.15) is 11.5 Å². The molecule has 0 spiro atoms. The summed E-state index contributed by atoms with van der Waals surface area (Å²) in [6, 6.07) is 15.4. The van der Waals surface area contributed by atoms with Crippen molar-refractivity contribution in [3.63, 3.8) is 0 Å². The number of halogens is 1. The maximum atomic E-state index is 12.8. The Morgan fingerprint density at radius 3 is 2.51 bits per heavy atom. The molecule has 1 aliphatic heterocycles. The van der Waals surface area contributed by atoms with Crippen LogP contribution in [-0.4, -0.2) is 39.2 Å². The molecule has 3 N–H and O–H groups in total. The molecule has 3 aromatic carbocycles. The Labute approximate surface area is 216 Å². The Morgan fingerprint density at radius 2 is 1.81 bits per heavy atom. The fraction of sp³-hybridized carbons (Fsp3) is 0.0714. The van der Waals surface area contributed by atoms with E-state index in [1.165, 1.54) is 7.11 Å². The highest BCUT2D eigenvalue weighted by Gasteiger charge is 2.26. The molecular formula is C28H20ClN3O5. The lowest BCUT2D eigenvalue weighted by molar-refractivity contribution is -0.136. The maximum absolute atomic E-state index is 12.8. The van der Waals surface area contributed by atoms with Crippen LogP contribution in [0.15, 0.2) is 67.0 Å². The van der Waals surface area contributed by atoms with E-state index in [9.17, 15) is 19.8 Å². The smallest absolute Gasteiger partial charge is 0.307 e. The molecule has 1 aromatic heterocycles. The van der Waals surface area contributed by atoms with Crippen molar-refractivity contribution in [2.75, 3.05) is 12.4 Å².